The highest BCUT2D eigenvalue weighted by atomic mass is 16.5. The molecule has 2 unspecified atom stereocenters. The van der Waals surface area contributed by atoms with E-state index in [0.29, 0.717) is 11.8 Å². The van der Waals surface area contributed by atoms with Gasteiger partial charge < -0.3 is 9.47 Å². The highest BCUT2D eigenvalue weighted by Crippen LogP contribution is 2.26. The predicted molar refractivity (Wildman–Crippen MR) is 134 cm³/mol. The number of rotatable bonds is 22. The summed E-state index contributed by atoms with van der Waals surface area (Å²) in [5, 5.41) is 12.6. The lowest BCUT2D eigenvalue weighted by atomic mass is 9.93. The lowest BCUT2D eigenvalue weighted by Gasteiger charge is -2.33. The SMILES string of the molecule is CCCCCCCCCCOCCCCCC(OC(CCC(C)C)C(C)(C)[O])C(C)C. The molecule has 0 amide bonds. The minimum atomic E-state index is -1.04. The molecule has 0 saturated heterocycles. The van der Waals surface area contributed by atoms with Crippen molar-refractivity contribution in [3.63, 3.8) is 0 Å². The molecule has 3 heteroatoms. The monoisotopic (exact) mass is 441 g/mol. The van der Waals surface area contributed by atoms with Crippen LogP contribution in [0.4, 0.5) is 0 Å². The van der Waals surface area contributed by atoms with Crippen molar-refractivity contribution >= 4 is 0 Å². The molecule has 0 aliphatic heterocycles. The van der Waals surface area contributed by atoms with Crippen LogP contribution in [0.15, 0.2) is 0 Å². The van der Waals surface area contributed by atoms with Crippen LogP contribution in [0.5, 0.6) is 0 Å². The second-order valence-electron chi connectivity index (χ2n) is 10.9. The van der Waals surface area contributed by atoms with Gasteiger partial charge in [0.25, 0.3) is 0 Å². The smallest absolute Gasteiger partial charge is 0.124 e. The Kier molecular flexibility index (Phi) is 19.3. The van der Waals surface area contributed by atoms with Crippen molar-refractivity contribution < 1.29 is 14.6 Å². The van der Waals surface area contributed by atoms with Gasteiger partial charge in [-0.1, -0.05) is 92.4 Å². The van der Waals surface area contributed by atoms with E-state index in [9.17, 15) is 5.11 Å². The molecule has 0 fully saturated rings. The van der Waals surface area contributed by atoms with Gasteiger partial charge in [-0.2, -0.15) is 0 Å². The molecule has 3 nitrogen and oxygen atoms in total. The third-order valence-electron chi connectivity index (χ3n) is 6.28. The maximum Gasteiger partial charge on any atom is 0.124 e. The molecule has 0 aliphatic rings. The quantitative estimate of drug-likeness (QED) is 0.157. The van der Waals surface area contributed by atoms with E-state index in [1.54, 1.807) is 13.8 Å². The van der Waals surface area contributed by atoms with Gasteiger partial charge in [-0.3, -0.25) is 0 Å². The van der Waals surface area contributed by atoms with Gasteiger partial charge in [-0.25, -0.2) is 5.11 Å². The Bertz CT molecular complexity index is 373. The van der Waals surface area contributed by atoms with E-state index < -0.39 is 5.60 Å². The van der Waals surface area contributed by atoms with Crippen molar-refractivity contribution in [2.45, 2.75) is 156 Å². The van der Waals surface area contributed by atoms with Gasteiger partial charge in [0.2, 0.25) is 0 Å². The summed E-state index contributed by atoms with van der Waals surface area (Å²) in [6.45, 7) is 16.5. The third-order valence-corrected chi connectivity index (χ3v) is 6.28. The van der Waals surface area contributed by atoms with Crippen LogP contribution in [0.2, 0.25) is 0 Å². The fraction of sp³-hybridized carbons (Fsp3) is 1.00. The maximum atomic E-state index is 12.6. The summed E-state index contributed by atoms with van der Waals surface area (Å²) < 4.78 is 12.2. The van der Waals surface area contributed by atoms with Gasteiger partial charge in [-0.05, 0) is 57.8 Å². The van der Waals surface area contributed by atoms with E-state index in [1.165, 1.54) is 57.8 Å². The standard InChI is InChI=1S/C28H57O3/c1-8-9-10-11-12-13-14-17-22-30-23-18-15-16-19-26(25(4)5)31-27(28(6,7)29)21-20-24(2)3/h24-27H,8-23H2,1-7H3. The van der Waals surface area contributed by atoms with Crippen LogP contribution in [0.25, 0.3) is 0 Å². The summed E-state index contributed by atoms with van der Waals surface area (Å²) in [4.78, 5) is 0. The van der Waals surface area contributed by atoms with E-state index in [-0.39, 0.29) is 12.2 Å². The molecule has 187 valence electrons. The van der Waals surface area contributed by atoms with Gasteiger partial charge in [0, 0.05) is 13.2 Å². The Morgan fingerprint density at radius 3 is 1.68 bits per heavy atom. The highest BCUT2D eigenvalue weighted by molar-refractivity contribution is 4.80. The van der Waals surface area contributed by atoms with Gasteiger partial charge in [-0.15, -0.1) is 0 Å². The Morgan fingerprint density at radius 2 is 1.19 bits per heavy atom. The molecule has 0 rings (SSSR count). The van der Waals surface area contributed by atoms with E-state index in [2.05, 4.69) is 34.6 Å². The average Bonchev–Trinajstić information content (AvgIpc) is 2.68. The van der Waals surface area contributed by atoms with Crippen LogP contribution < -0.4 is 0 Å². The van der Waals surface area contributed by atoms with Crippen LogP contribution in [0.1, 0.15) is 138 Å². The second-order valence-corrected chi connectivity index (χ2v) is 10.9. The lowest BCUT2D eigenvalue weighted by Crippen LogP contribution is -2.41. The minimum absolute atomic E-state index is 0.184. The molecule has 1 radical (unpaired) electrons. The second kappa shape index (κ2) is 19.4. The van der Waals surface area contributed by atoms with Crippen molar-refractivity contribution in [3.05, 3.63) is 0 Å². The van der Waals surface area contributed by atoms with Crippen LogP contribution in [0, 0.1) is 11.8 Å². The number of hydrogen-bond donors (Lipinski definition) is 0. The normalized spacial score (nSPS) is 14.5. The average molecular weight is 442 g/mol. The van der Waals surface area contributed by atoms with Crippen molar-refractivity contribution in [1.82, 2.24) is 0 Å². The van der Waals surface area contributed by atoms with E-state index in [0.717, 1.165) is 45.3 Å². The first-order chi connectivity index (χ1) is 14.7. The highest BCUT2D eigenvalue weighted by Gasteiger charge is 2.32. The largest absolute Gasteiger partial charge is 0.381 e. The number of unbranched alkanes of at least 4 members (excludes halogenated alkanes) is 9. The summed E-state index contributed by atoms with van der Waals surface area (Å²) in [6, 6.07) is 0. The Balaban J connectivity index is 3.87. The zero-order valence-corrected chi connectivity index (χ0v) is 22.3. The topological polar surface area (TPSA) is 38.4 Å². The molecule has 0 aromatic heterocycles. The fourth-order valence-electron chi connectivity index (χ4n) is 4.00. The zero-order valence-electron chi connectivity index (χ0n) is 22.3. The van der Waals surface area contributed by atoms with Gasteiger partial charge in [0.05, 0.1) is 12.2 Å². The fourth-order valence-corrected chi connectivity index (χ4v) is 4.00. The van der Waals surface area contributed by atoms with Crippen LogP contribution >= 0.6 is 0 Å². The van der Waals surface area contributed by atoms with Crippen LogP contribution in [0.3, 0.4) is 0 Å². The molecule has 31 heavy (non-hydrogen) atoms. The van der Waals surface area contributed by atoms with E-state index >= 15 is 0 Å². The van der Waals surface area contributed by atoms with Gasteiger partial charge in [0.15, 0.2) is 0 Å². The van der Waals surface area contributed by atoms with E-state index in [4.69, 9.17) is 9.47 Å². The molecule has 0 aromatic rings. The molecule has 2 atom stereocenters. The van der Waals surface area contributed by atoms with Gasteiger partial charge in [0.1, 0.15) is 5.60 Å². The van der Waals surface area contributed by atoms with Crippen molar-refractivity contribution in [3.8, 4) is 0 Å². The Morgan fingerprint density at radius 1 is 0.677 bits per heavy atom. The van der Waals surface area contributed by atoms with Crippen molar-refractivity contribution in [2.24, 2.45) is 11.8 Å². The molecular formula is C28H57O3. The minimum Gasteiger partial charge on any atom is -0.381 e. The third kappa shape index (κ3) is 19.1. The first-order valence-corrected chi connectivity index (χ1v) is 13.6. The van der Waals surface area contributed by atoms with Crippen LogP contribution in [-0.2, 0) is 14.6 Å². The maximum absolute atomic E-state index is 12.6. The summed E-state index contributed by atoms with van der Waals surface area (Å²) in [6.07, 6.45) is 17.2. The molecule has 0 aliphatic carbocycles. The first-order valence-electron chi connectivity index (χ1n) is 13.6. The molecule has 0 saturated carbocycles. The molecule has 0 aromatic carbocycles. The molecule has 0 heterocycles. The summed E-state index contributed by atoms with van der Waals surface area (Å²) in [7, 11) is 0. The number of ether oxygens (including phenoxy) is 2. The first kappa shape index (κ1) is 30.9. The summed E-state index contributed by atoms with van der Waals surface area (Å²) in [5.41, 5.74) is -1.04. The zero-order chi connectivity index (χ0) is 23.5. The van der Waals surface area contributed by atoms with Crippen LogP contribution in [-0.4, -0.2) is 31.0 Å². The molecular weight excluding hydrogens is 384 g/mol. The molecule has 0 N–H and O–H groups in total. The van der Waals surface area contributed by atoms with Gasteiger partial charge >= 0.3 is 0 Å². The van der Waals surface area contributed by atoms with E-state index in [1.807, 2.05) is 0 Å². The number of hydrogen-bond acceptors (Lipinski definition) is 2. The molecule has 0 bridgehead atoms. The Hall–Kier alpha value is -0.120. The van der Waals surface area contributed by atoms with Crippen molar-refractivity contribution in [2.75, 3.05) is 13.2 Å². The Labute approximate surface area is 196 Å². The molecule has 0 spiro atoms. The predicted octanol–water partition coefficient (Wildman–Crippen LogP) is 8.76. The summed E-state index contributed by atoms with van der Waals surface area (Å²) >= 11 is 0. The summed E-state index contributed by atoms with van der Waals surface area (Å²) in [5.74, 6) is 1.05. The van der Waals surface area contributed by atoms with Crippen molar-refractivity contribution in [1.29, 1.82) is 0 Å². The lowest BCUT2D eigenvalue weighted by molar-refractivity contribution is -0.159.